The van der Waals surface area contributed by atoms with Gasteiger partial charge in [-0.15, -0.1) is 0 Å². The van der Waals surface area contributed by atoms with Gasteiger partial charge in [0.2, 0.25) is 0 Å². The third-order valence-electron chi connectivity index (χ3n) is 4.77. The van der Waals surface area contributed by atoms with Crippen LogP contribution in [-0.4, -0.2) is 66.5 Å². The predicted octanol–water partition coefficient (Wildman–Crippen LogP) is 1.52. The summed E-state index contributed by atoms with van der Waals surface area (Å²) in [4.78, 5) is 14.9. The number of ether oxygens (including phenoxy) is 2. The molecule has 1 aromatic rings. The number of aryl methyl sites for hydroxylation is 1. The Bertz CT molecular complexity index is 517. The first-order valence-corrected chi connectivity index (χ1v) is 8.67. The highest BCUT2D eigenvalue weighted by Gasteiger charge is 2.21. The van der Waals surface area contributed by atoms with E-state index in [1.165, 1.54) is 0 Å². The number of ketones is 1. The number of Topliss-reactive ketones (excluding diaryl/α,β-unsaturated/α-hetero) is 1. The molecule has 3 heterocycles. The van der Waals surface area contributed by atoms with E-state index in [1.54, 1.807) is 0 Å². The van der Waals surface area contributed by atoms with Crippen LogP contribution in [-0.2, 0) is 16.0 Å². The van der Waals surface area contributed by atoms with Gasteiger partial charge in [-0.1, -0.05) is 0 Å². The first-order valence-electron chi connectivity index (χ1n) is 8.67. The van der Waals surface area contributed by atoms with Gasteiger partial charge < -0.3 is 9.47 Å². The molecule has 6 nitrogen and oxygen atoms in total. The van der Waals surface area contributed by atoms with E-state index in [2.05, 4.69) is 10.00 Å². The van der Waals surface area contributed by atoms with E-state index in [0.717, 1.165) is 71.0 Å². The molecule has 2 saturated heterocycles. The van der Waals surface area contributed by atoms with Crippen molar-refractivity contribution in [3.05, 3.63) is 17.5 Å². The van der Waals surface area contributed by atoms with Gasteiger partial charge in [0.05, 0.1) is 19.8 Å². The van der Waals surface area contributed by atoms with Crippen molar-refractivity contribution in [3.8, 4) is 0 Å². The molecule has 3 rings (SSSR count). The average molecular weight is 321 g/mol. The number of nitrogens with zero attached hydrogens (tertiary/aromatic N) is 3. The fraction of sp³-hybridized carbons (Fsp3) is 0.765. The minimum Gasteiger partial charge on any atom is -0.381 e. The number of morpholine rings is 1. The van der Waals surface area contributed by atoms with Gasteiger partial charge in [-0.05, 0) is 31.2 Å². The number of rotatable bonds is 6. The summed E-state index contributed by atoms with van der Waals surface area (Å²) in [5.41, 5.74) is 1.64. The Morgan fingerprint density at radius 1 is 1.17 bits per heavy atom. The fourth-order valence-electron chi connectivity index (χ4n) is 3.29. The van der Waals surface area contributed by atoms with E-state index in [4.69, 9.17) is 9.47 Å². The fourth-order valence-corrected chi connectivity index (χ4v) is 3.29. The van der Waals surface area contributed by atoms with Crippen molar-refractivity contribution in [2.24, 2.45) is 5.92 Å². The van der Waals surface area contributed by atoms with Crippen LogP contribution in [0.25, 0.3) is 0 Å². The molecule has 0 bridgehead atoms. The molecule has 23 heavy (non-hydrogen) atoms. The van der Waals surface area contributed by atoms with Crippen molar-refractivity contribution >= 4 is 5.78 Å². The van der Waals surface area contributed by atoms with Gasteiger partial charge in [-0.2, -0.15) is 5.10 Å². The molecule has 0 amide bonds. The topological polar surface area (TPSA) is 56.6 Å². The summed E-state index contributed by atoms with van der Waals surface area (Å²) >= 11 is 0. The molecule has 2 aliphatic rings. The van der Waals surface area contributed by atoms with Crippen molar-refractivity contribution in [2.75, 3.05) is 46.1 Å². The van der Waals surface area contributed by atoms with E-state index in [-0.39, 0.29) is 5.78 Å². The van der Waals surface area contributed by atoms with Crippen LogP contribution < -0.4 is 0 Å². The van der Waals surface area contributed by atoms with E-state index in [1.807, 2.05) is 17.8 Å². The Balaban J connectivity index is 1.53. The standard InChI is InChI=1S/C17H27N3O3/c1-14-13-20(5-4-19-6-10-23-11-7-19)18-17(14)16(21)12-15-2-8-22-9-3-15/h13,15H,2-12H2,1H3. The third-order valence-corrected chi connectivity index (χ3v) is 4.77. The molecule has 128 valence electrons. The minimum atomic E-state index is 0.180. The Kier molecular flexibility index (Phi) is 5.80. The summed E-state index contributed by atoms with van der Waals surface area (Å²) < 4.78 is 12.6. The second-order valence-corrected chi connectivity index (χ2v) is 6.56. The molecule has 0 aromatic carbocycles. The van der Waals surface area contributed by atoms with Gasteiger partial charge in [0.25, 0.3) is 0 Å². The number of carbonyl (C=O) groups is 1. The van der Waals surface area contributed by atoms with Gasteiger partial charge in [0.15, 0.2) is 5.78 Å². The van der Waals surface area contributed by atoms with Crippen molar-refractivity contribution in [1.29, 1.82) is 0 Å². The molecule has 2 aliphatic heterocycles. The SMILES string of the molecule is Cc1cn(CCN2CCOCC2)nc1C(=O)CC1CCOCC1. The summed E-state index contributed by atoms with van der Waals surface area (Å²) in [5.74, 6) is 0.633. The van der Waals surface area contributed by atoms with Crippen LogP contribution in [0, 0.1) is 12.8 Å². The summed E-state index contributed by atoms with van der Waals surface area (Å²) in [6, 6.07) is 0. The summed E-state index contributed by atoms with van der Waals surface area (Å²) in [7, 11) is 0. The zero-order valence-electron chi connectivity index (χ0n) is 14.0. The van der Waals surface area contributed by atoms with E-state index in [9.17, 15) is 4.79 Å². The molecule has 2 fully saturated rings. The highest BCUT2D eigenvalue weighted by molar-refractivity contribution is 5.95. The Morgan fingerprint density at radius 2 is 1.87 bits per heavy atom. The number of carbonyl (C=O) groups excluding carboxylic acids is 1. The second-order valence-electron chi connectivity index (χ2n) is 6.56. The maximum Gasteiger partial charge on any atom is 0.183 e. The highest BCUT2D eigenvalue weighted by Crippen LogP contribution is 2.21. The van der Waals surface area contributed by atoms with Crippen LogP contribution >= 0.6 is 0 Å². The summed E-state index contributed by atoms with van der Waals surface area (Å²) in [6.45, 7) is 8.92. The molecule has 0 N–H and O–H groups in total. The monoisotopic (exact) mass is 321 g/mol. The number of hydrogen-bond donors (Lipinski definition) is 0. The average Bonchev–Trinajstić information content (AvgIpc) is 2.96. The zero-order chi connectivity index (χ0) is 16.1. The predicted molar refractivity (Wildman–Crippen MR) is 86.7 cm³/mol. The van der Waals surface area contributed by atoms with Gasteiger partial charge in [-0.25, -0.2) is 0 Å². The van der Waals surface area contributed by atoms with E-state index < -0.39 is 0 Å². The Hall–Kier alpha value is -1.24. The third kappa shape index (κ3) is 4.62. The normalized spacial score (nSPS) is 20.7. The second kappa shape index (κ2) is 8.04. The highest BCUT2D eigenvalue weighted by atomic mass is 16.5. The largest absolute Gasteiger partial charge is 0.381 e. The van der Waals surface area contributed by atoms with Crippen molar-refractivity contribution in [1.82, 2.24) is 14.7 Å². The zero-order valence-corrected chi connectivity index (χ0v) is 14.0. The Labute approximate surface area is 137 Å². The van der Waals surface area contributed by atoms with Gasteiger partial charge in [0, 0.05) is 45.5 Å². The lowest BCUT2D eigenvalue weighted by atomic mass is 9.93. The molecule has 0 atom stereocenters. The number of hydrogen-bond acceptors (Lipinski definition) is 5. The van der Waals surface area contributed by atoms with Crippen LogP contribution in [0.15, 0.2) is 6.20 Å². The molecule has 0 radical (unpaired) electrons. The first kappa shape index (κ1) is 16.6. The van der Waals surface area contributed by atoms with E-state index >= 15 is 0 Å². The molecule has 6 heteroatoms. The smallest absolute Gasteiger partial charge is 0.183 e. The maximum atomic E-state index is 12.5. The summed E-state index contributed by atoms with van der Waals surface area (Å²) in [6.07, 6.45) is 4.58. The van der Waals surface area contributed by atoms with Crippen molar-refractivity contribution < 1.29 is 14.3 Å². The lowest BCUT2D eigenvalue weighted by Gasteiger charge is -2.26. The molecule has 1 aromatic heterocycles. The Morgan fingerprint density at radius 3 is 2.61 bits per heavy atom. The number of aromatic nitrogens is 2. The van der Waals surface area contributed by atoms with Gasteiger partial charge >= 0.3 is 0 Å². The van der Waals surface area contributed by atoms with Crippen LogP contribution in [0.5, 0.6) is 0 Å². The van der Waals surface area contributed by atoms with Crippen LogP contribution in [0.3, 0.4) is 0 Å². The molecular weight excluding hydrogens is 294 g/mol. The van der Waals surface area contributed by atoms with E-state index in [0.29, 0.717) is 18.0 Å². The van der Waals surface area contributed by atoms with Crippen LogP contribution in [0.2, 0.25) is 0 Å². The van der Waals surface area contributed by atoms with Gasteiger partial charge in [-0.3, -0.25) is 14.4 Å². The molecular formula is C17H27N3O3. The van der Waals surface area contributed by atoms with Crippen LogP contribution in [0.1, 0.15) is 35.3 Å². The lowest BCUT2D eigenvalue weighted by molar-refractivity contribution is 0.0359. The maximum absolute atomic E-state index is 12.5. The quantitative estimate of drug-likeness (QED) is 0.744. The molecule has 0 spiro atoms. The first-order chi connectivity index (χ1) is 11.2. The molecule has 0 saturated carbocycles. The van der Waals surface area contributed by atoms with Crippen molar-refractivity contribution in [3.63, 3.8) is 0 Å². The molecule has 0 unspecified atom stereocenters. The van der Waals surface area contributed by atoms with Crippen LogP contribution in [0.4, 0.5) is 0 Å². The lowest BCUT2D eigenvalue weighted by Crippen LogP contribution is -2.38. The van der Waals surface area contributed by atoms with Crippen molar-refractivity contribution in [2.45, 2.75) is 32.7 Å². The van der Waals surface area contributed by atoms with Gasteiger partial charge in [0.1, 0.15) is 5.69 Å². The minimum absolute atomic E-state index is 0.180. The molecule has 0 aliphatic carbocycles. The summed E-state index contributed by atoms with van der Waals surface area (Å²) in [5, 5.41) is 4.54.